The summed E-state index contributed by atoms with van der Waals surface area (Å²) >= 11 is 2.62. The van der Waals surface area contributed by atoms with Gasteiger partial charge in [0, 0.05) is 11.6 Å². The number of tetrazole rings is 1. The lowest BCUT2D eigenvalue weighted by molar-refractivity contribution is -0.115. The van der Waals surface area contributed by atoms with Gasteiger partial charge in [0.05, 0.1) is 12.4 Å². The zero-order valence-corrected chi connectivity index (χ0v) is 14.5. The molecule has 0 aliphatic carbocycles. The predicted molar refractivity (Wildman–Crippen MR) is 91.8 cm³/mol. The first-order valence-electron chi connectivity index (χ1n) is 6.98. The molecule has 3 rings (SSSR count). The van der Waals surface area contributed by atoms with Crippen LogP contribution in [0.5, 0.6) is 5.75 Å². The van der Waals surface area contributed by atoms with Gasteiger partial charge in [0.2, 0.25) is 11.1 Å². The molecule has 124 valence electrons. The summed E-state index contributed by atoms with van der Waals surface area (Å²) in [5, 5.41) is 16.9. The fraction of sp³-hybridized carbons (Fsp3) is 0.214. The lowest BCUT2D eigenvalue weighted by Crippen LogP contribution is -2.22. The van der Waals surface area contributed by atoms with E-state index in [4.69, 9.17) is 4.74 Å². The van der Waals surface area contributed by atoms with Crippen molar-refractivity contribution in [3.05, 3.63) is 35.8 Å². The second kappa shape index (κ2) is 7.41. The number of hydrogen-bond donors (Lipinski definition) is 1. The summed E-state index contributed by atoms with van der Waals surface area (Å²) in [6, 6.07) is 7.40. The molecule has 0 unspecified atom stereocenters. The van der Waals surface area contributed by atoms with Gasteiger partial charge in [-0.1, -0.05) is 23.9 Å². The quantitative estimate of drug-likeness (QED) is 0.672. The van der Waals surface area contributed by atoms with Crippen molar-refractivity contribution in [2.75, 3.05) is 12.4 Å². The minimum Gasteiger partial charge on any atom is -0.494 e. The lowest BCUT2D eigenvalue weighted by atomic mass is 10.3. The van der Waals surface area contributed by atoms with Crippen LogP contribution in [-0.2, 0) is 4.79 Å². The fourth-order valence-electron chi connectivity index (χ4n) is 1.91. The predicted octanol–water partition coefficient (Wildman–Crippen LogP) is 2.25. The number of carbonyl (C=O) groups is 1. The largest absolute Gasteiger partial charge is 0.494 e. The van der Waals surface area contributed by atoms with Crippen molar-refractivity contribution in [3.63, 3.8) is 0 Å². The fourth-order valence-corrected chi connectivity index (χ4v) is 3.24. The molecule has 0 spiro atoms. The lowest BCUT2D eigenvalue weighted by Gasteiger charge is -2.11. The van der Waals surface area contributed by atoms with E-state index in [1.165, 1.54) is 23.1 Å². The van der Waals surface area contributed by atoms with Crippen LogP contribution in [0.15, 0.2) is 41.0 Å². The van der Waals surface area contributed by atoms with Crippen molar-refractivity contribution in [3.8, 4) is 11.4 Å². The van der Waals surface area contributed by atoms with E-state index in [0.29, 0.717) is 21.7 Å². The summed E-state index contributed by atoms with van der Waals surface area (Å²) in [6.07, 6.45) is 1.64. The molecule has 0 fully saturated rings. The van der Waals surface area contributed by atoms with Gasteiger partial charge in [-0.05, 0) is 29.5 Å². The second-order valence-electron chi connectivity index (χ2n) is 4.63. The number of aromatic nitrogens is 5. The third-order valence-corrected chi connectivity index (χ3v) is 4.79. The van der Waals surface area contributed by atoms with Gasteiger partial charge in [-0.15, -0.1) is 16.4 Å². The van der Waals surface area contributed by atoms with Crippen molar-refractivity contribution in [1.29, 1.82) is 0 Å². The van der Waals surface area contributed by atoms with Crippen LogP contribution in [-0.4, -0.2) is 43.5 Å². The summed E-state index contributed by atoms with van der Waals surface area (Å²) in [5.41, 5.74) is 0.708. The first-order chi connectivity index (χ1) is 11.7. The molecular formula is C14H14N6O2S2. The van der Waals surface area contributed by atoms with Crippen LogP contribution in [0.25, 0.3) is 5.69 Å². The number of rotatable bonds is 6. The highest BCUT2D eigenvalue weighted by atomic mass is 32.2. The van der Waals surface area contributed by atoms with Crippen LogP contribution >= 0.6 is 23.1 Å². The zero-order chi connectivity index (χ0) is 16.9. The zero-order valence-electron chi connectivity index (χ0n) is 12.9. The Hall–Kier alpha value is -2.46. The average molecular weight is 362 g/mol. The molecule has 24 heavy (non-hydrogen) atoms. The minimum atomic E-state index is -0.395. The molecule has 1 N–H and O–H groups in total. The maximum Gasteiger partial charge on any atom is 0.239 e. The molecule has 0 radical (unpaired) electrons. The second-order valence-corrected chi connectivity index (χ2v) is 6.83. The van der Waals surface area contributed by atoms with Gasteiger partial charge in [-0.3, -0.25) is 4.79 Å². The van der Waals surface area contributed by atoms with Crippen molar-refractivity contribution in [2.45, 2.75) is 17.3 Å². The Labute approximate surface area is 146 Å². The molecule has 10 heteroatoms. The van der Waals surface area contributed by atoms with E-state index >= 15 is 0 Å². The summed E-state index contributed by atoms with van der Waals surface area (Å²) in [7, 11) is 1.58. The number of methoxy groups -OCH3 is 1. The Morgan fingerprint density at radius 2 is 2.25 bits per heavy atom. The molecule has 8 nitrogen and oxygen atoms in total. The topological polar surface area (TPSA) is 94.8 Å². The highest BCUT2D eigenvalue weighted by Gasteiger charge is 2.21. The van der Waals surface area contributed by atoms with Gasteiger partial charge in [0.1, 0.15) is 11.4 Å². The molecule has 0 saturated heterocycles. The standard InChI is InChI=1S/C14H14N6O2S2/c1-9(12(21)16-13-15-7-8-23-13)24-14-17-18-19-20(14)10-5-3-4-6-11(10)22-2/h3-9H,1-2H3,(H,15,16,21)/t9-/m1/s1. The molecule has 0 aliphatic rings. The number of benzene rings is 1. The van der Waals surface area contributed by atoms with Gasteiger partial charge in [0.15, 0.2) is 5.13 Å². The van der Waals surface area contributed by atoms with Crippen LogP contribution < -0.4 is 10.1 Å². The first-order valence-corrected chi connectivity index (χ1v) is 8.73. The molecule has 0 bridgehead atoms. The summed E-state index contributed by atoms with van der Waals surface area (Å²) in [4.78, 5) is 16.3. The molecule has 2 aromatic heterocycles. The SMILES string of the molecule is COc1ccccc1-n1nnnc1S[C@H](C)C(=O)Nc1nccs1. The molecule has 1 atom stereocenters. The third-order valence-electron chi connectivity index (χ3n) is 3.07. The number of para-hydroxylation sites is 2. The average Bonchev–Trinajstić information content (AvgIpc) is 3.26. The number of thiazole rings is 1. The Balaban J connectivity index is 1.77. The molecule has 3 aromatic rings. The number of thioether (sulfide) groups is 1. The first kappa shape index (κ1) is 16.4. The number of amides is 1. The number of carbonyl (C=O) groups excluding carboxylic acids is 1. The monoisotopic (exact) mass is 362 g/mol. The van der Waals surface area contributed by atoms with E-state index in [2.05, 4.69) is 25.8 Å². The normalized spacial score (nSPS) is 11.9. The van der Waals surface area contributed by atoms with Crippen LogP contribution in [0.4, 0.5) is 5.13 Å². The van der Waals surface area contributed by atoms with Crippen molar-refractivity contribution in [2.24, 2.45) is 0 Å². The maximum atomic E-state index is 12.2. The Morgan fingerprint density at radius 1 is 1.42 bits per heavy atom. The molecular weight excluding hydrogens is 348 g/mol. The number of hydrogen-bond acceptors (Lipinski definition) is 8. The van der Waals surface area contributed by atoms with E-state index in [0.717, 1.165) is 0 Å². The summed E-state index contributed by atoms with van der Waals surface area (Å²) in [6.45, 7) is 1.79. The van der Waals surface area contributed by atoms with E-state index in [-0.39, 0.29) is 5.91 Å². The van der Waals surface area contributed by atoms with Crippen LogP contribution in [0.3, 0.4) is 0 Å². The molecule has 0 aliphatic heterocycles. The maximum absolute atomic E-state index is 12.2. The number of anilines is 1. The van der Waals surface area contributed by atoms with Crippen LogP contribution in [0.1, 0.15) is 6.92 Å². The number of nitrogens with one attached hydrogen (secondary N) is 1. The van der Waals surface area contributed by atoms with Crippen molar-refractivity contribution < 1.29 is 9.53 Å². The van der Waals surface area contributed by atoms with Crippen molar-refractivity contribution in [1.82, 2.24) is 25.2 Å². The Kier molecular flexibility index (Phi) is 5.06. The van der Waals surface area contributed by atoms with E-state index in [9.17, 15) is 4.79 Å². The molecule has 0 saturated carbocycles. The molecule has 1 amide bonds. The Morgan fingerprint density at radius 3 is 3.00 bits per heavy atom. The van der Waals surface area contributed by atoms with Gasteiger partial charge in [-0.2, -0.15) is 4.68 Å². The smallest absolute Gasteiger partial charge is 0.239 e. The van der Waals surface area contributed by atoms with Crippen LogP contribution in [0, 0.1) is 0 Å². The van der Waals surface area contributed by atoms with E-state index < -0.39 is 5.25 Å². The highest BCUT2D eigenvalue weighted by Crippen LogP contribution is 2.28. The van der Waals surface area contributed by atoms with Gasteiger partial charge >= 0.3 is 0 Å². The van der Waals surface area contributed by atoms with Crippen molar-refractivity contribution >= 4 is 34.1 Å². The molecule has 1 aromatic carbocycles. The van der Waals surface area contributed by atoms with E-state index in [1.54, 1.807) is 30.3 Å². The van der Waals surface area contributed by atoms with Gasteiger partial charge in [-0.25, -0.2) is 4.98 Å². The molecule has 2 heterocycles. The van der Waals surface area contributed by atoms with E-state index in [1.807, 2.05) is 24.3 Å². The summed E-state index contributed by atoms with van der Waals surface area (Å²) in [5.74, 6) is 0.482. The van der Waals surface area contributed by atoms with Gasteiger partial charge < -0.3 is 10.1 Å². The highest BCUT2D eigenvalue weighted by molar-refractivity contribution is 8.00. The minimum absolute atomic E-state index is 0.162. The summed E-state index contributed by atoms with van der Waals surface area (Å²) < 4.78 is 6.89. The third kappa shape index (κ3) is 3.54. The number of ether oxygens (including phenoxy) is 1. The Bertz CT molecular complexity index is 820. The number of nitrogens with zero attached hydrogens (tertiary/aromatic N) is 5. The van der Waals surface area contributed by atoms with Gasteiger partial charge in [0.25, 0.3) is 0 Å². The van der Waals surface area contributed by atoms with Crippen LogP contribution in [0.2, 0.25) is 0 Å².